The number of nitrogens with two attached hydrogens (primary N) is 2. The van der Waals surface area contributed by atoms with Gasteiger partial charge in [-0.15, -0.1) is 0 Å². The molecule has 4 unspecified atom stereocenters. The molecule has 46 heavy (non-hydrogen) atoms. The van der Waals surface area contributed by atoms with Crippen LogP contribution in [0.3, 0.4) is 0 Å². The monoisotopic (exact) mass is 632 g/mol. The minimum Gasteiger partial charge on any atom is -0.508 e. The molecular formula is C31H36N8O7. The summed E-state index contributed by atoms with van der Waals surface area (Å²) in [5, 5.41) is 28.1. The summed E-state index contributed by atoms with van der Waals surface area (Å²) in [5.74, 6) is -4.14. The molecule has 0 aliphatic rings. The number of aliphatic carboxylic acids is 1. The number of aromatic hydroxyl groups is 1. The van der Waals surface area contributed by atoms with Crippen molar-refractivity contribution in [1.29, 1.82) is 0 Å². The molecule has 2 aromatic heterocycles. The second-order valence-corrected chi connectivity index (χ2v) is 10.8. The Balaban J connectivity index is 1.58. The predicted molar refractivity (Wildman–Crippen MR) is 166 cm³/mol. The van der Waals surface area contributed by atoms with Gasteiger partial charge in [0.05, 0.1) is 12.4 Å². The lowest BCUT2D eigenvalue weighted by molar-refractivity contribution is -0.142. The lowest BCUT2D eigenvalue weighted by Crippen LogP contribution is -2.58. The highest BCUT2D eigenvalue weighted by molar-refractivity contribution is 5.95. The molecular weight excluding hydrogens is 596 g/mol. The lowest BCUT2D eigenvalue weighted by Gasteiger charge is -2.25. The number of aromatic amines is 2. The number of imidazole rings is 1. The molecule has 0 aliphatic heterocycles. The molecule has 0 aliphatic carbocycles. The molecule has 0 saturated heterocycles. The third-order valence-electron chi connectivity index (χ3n) is 7.37. The minimum absolute atomic E-state index is 0.00627. The number of phenolic OH excluding ortho intramolecular Hbond substituents is 1. The fourth-order valence-corrected chi connectivity index (χ4v) is 4.88. The fraction of sp³-hybridized carbons (Fsp3) is 0.290. The van der Waals surface area contributed by atoms with Gasteiger partial charge in [0.2, 0.25) is 23.6 Å². The maximum absolute atomic E-state index is 13.7. The van der Waals surface area contributed by atoms with Crippen LogP contribution in [0.25, 0.3) is 10.9 Å². The first-order valence-corrected chi connectivity index (χ1v) is 14.5. The van der Waals surface area contributed by atoms with Crippen LogP contribution in [0.1, 0.15) is 29.7 Å². The average Bonchev–Trinajstić information content (AvgIpc) is 3.69. The van der Waals surface area contributed by atoms with Gasteiger partial charge in [0.15, 0.2) is 0 Å². The number of nitrogens with one attached hydrogen (secondary N) is 5. The Kier molecular flexibility index (Phi) is 11.1. The summed E-state index contributed by atoms with van der Waals surface area (Å²) in [7, 11) is 0. The van der Waals surface area contributed by atoms with Crippen LogP contribution in [-0.2, 0) is 43.2 Å². The Morgan fingerprint density at radius 3 is 2.13 bits per heavy atom. The number of carbonyl (C=O) groups is 5. The third-order valence-corrected chi connectivity index (χ3v) is 7.37. The predicted octanol–water partition coefficient (Wildman–Crippen LogP) is -0.244. The molecule has 4 amide bonds. The van der Waals surface area contributed by atoms with E-state index < -0.39 is 53.8 Å². The zero-order chi connectivity index (χ0) is 33.2. The Hall–Kier alpha value is -5.70. The topological polar surface area (TPSA) is 258 Å². The number of carboxylic acids is 1. The van der Waals surface area contributed by atoms with E-state index in [4.69, 9.17) is 11.5 Å². The van der Waals surface area contributed by atoms with Crippen molar-refractivity contribution in [1.82, 2.24) is 30.9 Å². The van der Waals surface area contributed by atoms with Crippen LogP contribution in [0, 0.1) is 0 Å². The second-order valence-electron chi connectivity index (χ2n) is 10.8. The molecule has 0 radical (unpaired) electrons. The molecule has 4 rings (SSSR count). The summed E-state index contributed by atoms with van der Waals surface area (Å²) in [6, 6.07) is 8.27. The molecule has 4 atom stereocenters. The summed E-state index contributed by atoms with van der Waals surface area (Å²) in [6.45, 7) is 0. The summed E-state index contributed by atoms with van der Waals surface area (Å²) in [6.07, 6.45) is 4.25. The number of para-hydroxylation sites is 1. The molecule has 4 aromatic rings. The number of aromatic nitrogens is 3. The van der Waals surface area contributed by atoms with Gasteiger partial charge >= 0.3 is 5.97 Å². The number of carbonyl (C=O) groups excluding carboxylic acids is 4. The van der Waals surface area contributed by atoms with E-state index in [1.165, 1.54) is 24.7 Å². The quantitative estimate of drug-likeness (QED) is 0.0788. The van der Waals surface area contributed by atoms with Crippen LogP contribution in [0.5, 0.6) is 5.75 Å². The van der Waals surface area contributed by atoms with Crippen molar-refractivity contribution in [3.8, 4) is 5.75 Å². The Morgan fingerprint density at radius 1 is 0.826 bits per heavy atom. The number of H-pyrrole nitrogens is 2. The zero-order valence-electron chi connectivity index (χ0n) is 24.7. The van der Waals surface area contributed by atoms with Crippen molar-refractivity contribution in [2.24, 2.45) is 11.5 Å². The van der Waals surface area contributed by atoms with Crippen LogP contribution < -0.4 is 27.4 Å². The number of amides is 4. The van der Waals surface area contributed by atoms with Gasteiger partial charge in [-0.3, -0.25) is 19.2 Å². The van der Waals surface area contributed by atoms with Crippen molar-refractivity contribution in [3.05, 3.63) is 84.1 Å². The van der Waals surface area contributed by atoms with Gasteiger partial charge < -0.3 is 47.6 Å². The zero-order valence-corrected chi connectivity index (χ0v) is 24.7. The molecule has 242 valence electrons. The third kappa shape index (κ3) is 9.15. The molecule has 2 aromatic carbocycles. The standard InChI is InChI=1S/C31H36N8O7/c32-22(9-10-27(33)41)28(42)37-25(13-19-15-34-16-36-19)30(44)38-24(12-18-14-35-23-4-2-1-3-21(18)23)29(43)39-26(31(45)46)11-17-5-7-20(40)8-6-17/h1-8,14-16,22,24-26,35,40H,9-13,32H2,(H2,33,41)(H,34,36)(H,37,42)(H,38,44)(H,39,43)(H,45,46). The van der Waals surface area contributed by atoms with Gasteiger partial charge in [-0.2, -0.15) is 0 Å². The summed E-state index contributed by atoms with van der Waals surface area (Å²) in [5.41, 5.74) is 13.6. The Morgan fingerprint density at radius 2 is 1.48 bits per heavy atom. The largest absolute Gasteiger partial charge is 0.508 e. The van der Waals surface area contributed by atoms with E-state index in [2.05, 4.69) is 30.9 Å². The SMILES string of the molecule is NC(=O)CCC(N)C(=O)NC(Cc1cnc[nH]1)C(=O)NC(Cc1c[nH]c2ccccc12)C(=O)NC(Cc1ccc(O)cc1)C(=O)O. The smallest absolute Gasteiger partial charge is 0.326 e. The number of hydrogen-bond acceptors (Lipinski definition) is 8. The maximum atomic E-state index is 13.7. The van der Waals surface area contributed by atoms with E-state index in [0.29, 0.717) is 16.8 Å². The summed E-state index contributed by atoms with van der Waals surface area (Å²) < 4.78 is 0. The molecule has 11 N–H and O–H groups in total. The van der Waals surface area contributed by atoms with Crippen molar-refractivity contribution < 1.29 is 34.2 Å². The number of fused-ring (bicyclic) bond motifs is 1. The minimum atomic E-state index is -1.36. The second kappa shape index (κ2) is 15.3. The van der Waals surface area contributed by atoms with E-state index >= 15 is 0 Å². The van der Waals surface area contributed by atoms with Crippen molar-refractivity contribution in [3.63, 3.8) is 0 Å². The van der Waals surface area contributed by atoms with E-state index in [9.17, 15) is 34.2 Å². The van der Waals surface area contributed by atoms with E-state index in [1.54, 1.807) is 18.3 Å². The Labute approximate surface area is 263 Å². The number of benzene rings is 2. The van der Waals surface area contributed by atoms with E-state index in [-0.39, 0.29) is 37.9 Å². The molecule has 15 heteroatoms. The molecule has 0 bridgehead atoms. The summed E-state index contributed by atoms with van der Waals surface area (Å²) in [4.78, 5) is 73.6. The molecule has 2 heterocycles. The number of phenols is 1. The van der Waals surface area contributed by atoms with Gasteiger partial charge in [0.25, 0.3) is 0 Å². The van der Waals surface area contributed by atoms with Crippen LogP contribution >= 0.6 is 0 Å². The van der Waals surface area contributed by atoms with Crippen LogP contribution in [0.2, 0.25) is 0 Å². The first-order chi connectivity index (χ1) is 22.0. The van der Waals surface area contributed by atoms with E-state index in [1.807, 2.05) is 24.3 Å². The van der Waals surface area contributed by atoms with Crippen LogP contribution in [-0.4, -0.2) is 78.9 Å². The number of hydrogen-bond donors (Lipinski definition) is 9. The van der Waals surface area contributed by atoms with Gasteiger partial charge in [0.1, 0.15) is 23.9 Å². The normalized spacial score (nSPS) is 13.7. The average molecular weight is 633 g/mol. The molecule has 15 nitrogen and oxygen atoms in total. The van der Waals surface area contributed by atoms with Crippen LogP contribution in [0.15, 0.2) is 67.3 Å². The molecule has 0 spiro atoms. The summed E-state index contributed by atoms with van der Waals surface area (Å²) >= 11 is 0. The maximum Gasteiger partial charge on any atom is 0.326 e. The fourth-order valence-electron chi connectivity index (χ4n) is 4.88. The van der Waals surface area contributed by atoms with Crippen molar-refractivity contribution in [2.45, 2.75) is 56.3 Å². The molecule has 0 saturated carbocycles. The lowest BCUT2D eigenvalue weighted by atomic mass is 10.0. The number of primary amides is 1. The van der Waals surface area contributed by atoms with Gasteiger partial charge in [0, 0.05) is 54.7 Å². The number of nitrogens with zero attached hydrogens (tertiary/aromatic N) is 1. The Bertz CT molecular complexity index is 1670. The number of carboxylic acid groups (broad SMARTS) is 1. The highest BCUT2D eigenvalue weighted by atomic mass is 16.4. The molecule has 0 fully saturated rings. The van der Waals surface area contributed by atoms with Crippen molar-refractivity contribution >= 4 is 40.5 Å². The van der Waals surface area contributed by atoms with Gasteiger partial charge in [-0.25, -0.2) is 9.78 Å². The van der Waals surface area contributed by atoms with E-state index in [0.717, 1.165) is 10.9 Å². The highest BCUT2D eigenvalue weighted by Crippen LogP contribution is 2.20. The number of rotatable bonds is 16. The highest BCUT2D eigenvalue weighted by Gasteiger charge is 2.31. The van der Waals surface area contributed by atoms with Gasteiger partial charge in [-0.1, -0.05) is 30.3 Å². The first-order valence-electron chi connectivity index (χ1n) is 14.5. The van der Waals surface area contributed by atoms with Crippen molar-refractivity contribution in [2.75, 3.05) is 0 Å². The van der Waals surface area contributed by atoms with Gasteiger partial charge in [-0.05, 0) is 35.7 Å². The van der Waals surface area contributed by atoms with Crippen LogP contribution in [0.4, 0.5) is 0 Å². The first kappa shape index (κ1) is 33.2.